The third kappa shape index (κ3) is 3.21. The lowest BCUT2D eigenvalue weighted by molar-refractivity contribution is 0.414. The molecular weight excluding hydrogens is 236 g/mol. The monoisotopic (exact) mass is 254 g/mol. The van der Waals surface area contributed by atoms with E-state index in [0.29, 0.717) is 17.0 Å². The predicted octanol–water partition coefficient (Wildman–Crippen LogP) is 0.600. The van der Waals surface area contributed by atoms with Crippen molar-refractivity contribution in [2.75, 3.05) is 37.1 Å². The number of hydrogen-bond acceptors (Lipinski definition) is 7. The molecule has 1 aromatic heterocycles. The van der Waals surface area contributed by atoms with Crippen molar-refractivity contribution < 1.29 is 0 Å². The number of hydrazine groups is 1. The van der Waals surface area contributed by atoms with Crippen LogP contribution in [-0.4, -0.2) is 47.3 Å². The van der Waals surface area contributed by atoms with Gasteiger partial charge in [0.05, 0.1) is 0 Å². The highest BCUT2D eigenvalue weighted by atomic mass is 32.2. The molecule has 0 aromatic carbocycles. The standard InChI is InChI=1S/C10H18N6S/c1-16-4-3-7(6-16)12-8-5-9(15-11)14-10(13-8)17-2/h5,7H,3-4,6,11H2,1-2H3,(H2,12,13,14,15). The number of nitrogens with two attached hydrogens (primary N) is 1. The van der Waals surface area contributed by atoms with Gasteiger partial charge in [0.25, 0.3) is 0 Å². The SMILES string of the molecule is CSc1nc(NN)cc(NC2CCN(C)C2)n1. The molecule has 0 saturated carbocycles. The van der Waals surface area contributed by atoms with Crippen molar-refractivity contribution in [3.8, 4) is 0 Å². The van der Waals surface area contributed by atoms with E-state index in [1.807, 2.05) is 12.3 Å². The van der Waals surface area contributed by atoms with Gasteiger partial charge in [-0.3, -0.25) is 0 Å². The number of aromatic nitrogens is 2. The first kappa shape index (κ1) is 12.4. The molecule has 94 valence electrons. The zero-order valence-corrected chi connectivity index (χ0v) is 10.9. The first-order valence-electron chi connectivity index (χ1n) is 5.56. The van der Waals surface area contributed by atoms with Gasteiger partial charge in [0, 0.05) is 18.7 Å². The molecule has 0 spiro atoms. The molecule has 2 rings (SSSR count). The zero-order valence-electron chi connectivity index (χ0n) is 10.1. The lowest BCUT2D eigenvalue weighted by Gasteiger charge is -2.14. The second-order valence-corrected chi connectivity index (χ2v) is 4.94. The van der Waals surface area contributed by atoms with E-state index in [1.165, 1.54) is 11.8 Å². The summed E-state index contributed by atoms with van der Waals surface area (Å²) in [5.74, 6) is 6.86. The van der Waals surface area contributed by atoms with Crippen LogP contribution in [0, 0.1) is 0 Å². The van der Waals surface area contributed by atoms with Crippen molar-refractivity contribution in [1.29, 1.82) is 0 Å². The number of likely N-dealkylation sites (N-methyl/N-ethyl adjacent to an activating group) is 1. The van der Waals surface area contributed by atoms with Gasteiger partial charge in [-0.25, -0.2) is 15.8 Å². The first-order valence-corrected chi connectivity index (χ1v) is 6.78. The van der Waals surface area contributed by atoms with E-state index in [1.54, 1.807) is 0 Å². The molecule has 0 bridgehead atoms. The Hall–Kier alpha value is -1.05. The Labute approximate surface area is 105 Å². The Bertz CT molecular complexity index is 363. The van der Waals surface area contributed by atoms with Gasteiger partial charge in [0.2, 0.25) is 0 Å². The minimum Gasteiger partial charge on any atom is -0.366 e. The fourth-order valence-electron chi connectivity index (χ4n) is 1.93. The maximum absolute atomic E-state index is 5.39. The van der Waals surface area contributed by atoms with Crippen molar-refractivity contribution in [1.82, 2.24) is 14.9 Å². The van der Waals surface area contributed by atoms with E-state index < -0.39 is 0 Å². The topological polar surface area (TPSA) is 79.1 Å². The van der Waals surface area contributed by atoms with E-state index in [2.05, 4.69) is 32.7 Å². The Balaban J connectivity index is 2.09. The second-order valence-electron chi connectivity index (χ2n) is 4.16. The molecule has 0 aliphatic carbocycles. The van der Waals surface area contributed by atoms with Crippen LogP contribution in [0.1, 0.15) is 6.42 Å². The third-order valence-electron chi connectivity index (χ3n) is 2.78. The molecule has 1 aliphatic heterocycles. The fourth-order valence-corrected chi connectivity index (χ4v) is 2.31. The largest absolute Gasteiger partial charge is 0.366 e. The van der Waals surface area contributed by atoms with E-state index in [-0.39, 0.29) is 0 Å². The molecule has 1 fully saturated rings. The maximum Gasteiger partial charge on any atom is 0.191 e. The highest BCUT2D eigenvalue weighted by Crippen LogP contribution is 2.19. The highest BCUT2D eigenvalue weighted by molar-refractivity contribution is 7.98. The normalized spacial score (nSPS) is 20.5. The number of anilines is 2. The second kappa shape index (κ2) is 5.52. The molecule has 7 heteroatoms. The molecule has 17 heavy (non-hydrogen) atoms. The minimum absolute atomic E-state index is 0.454. The van der Waals surface area contributed by atoms with E-state index in [4.69, 9.17) is 5.84 Å². The third-order valence-corrected chi connectivity index (χ3v) is 3.33. The Kier molecular flexibility index (Phi) is 4.03. The van der Waals surface area contributed by atoms with Crippen molar-refractivity contribution in [3.63, 3.8) is 0 Å². The van der Waals surface area contributed by atoms with Gasteiger partial charge in [0.15, 0.2) is 5.16 Å². The van der Waals surface area contributed by atoms with Crippen molar-refractivity contribution in [2.45, 2.75) is 17.6 Å². The van der Waals surface area contributed by atoms with E-state index in [0.717, 1.165) is 25.3 Å². The van der Waals surface area contributed by atoms with Crippen molar-refractivity contribution in [3.05, 3.63) is 6.07 Å². The van der Waals surface area contributed by atoms with Gasteiger partial charge in [-0.15, -0.1) is 0 Å². The van der Waals surface area contributed by atoms with Gasteiger partial charge >= 0.3 is 0 Å². The number of hydrogen-bond donors (Lipinski definition) is 3. The summed E-state index contributed by atoms with van der Waals surface area (Å²) in [5.41, 5.74) is 2.56. The van der Waals surface area contributed by atoms with E-state index >= 15 is 0 Å². The maximum atomic E-state index is 5.39. The van der Waals surface area contributed by atoms with Gasteiger partial charge in [-0.05, 0) is 26.3 Å². The van der Waals surface area contributed by atoms with Crippen molar-refractivity contribution >= 4 is 23.4 Å². The summed E-state index contributed by atoms with van der Waals surface area (Å²) in [4.78, 5) is 10.9. The molecule has 1 atom stereocenters. The molecule has 2 heterocycles. The van der Waals surface area contributed by atoms with Gasteiger partial charge in [-0.1, -0.05) is 11.8 Å². The lowest BCUT2D eigenvalue weighted by atomic mass is 10.2. The molecule has 1 saturated heterocycles. The molecule has 0 radical (unpaired) electrons. The number of nitrogen functional groups attached to an aromatic ring is 1. The number of nitrogens with one attached hydrogen (secondary N) is 2. The average molecular weight is 254 g/mol. The summed E-state index contributed by atoms with van der Waals surface area (Å²) >= 11 is 1.50. The quantitative estimate of drug-likeness (QED) is 0.314. The van der Waals surface area contributed by atoms with Crippen LogP contribution in [0.15, 0.2) is 11.2 Å². The summed E-state index contributed by atoms with van der Waals surface area (Å²) in [6, 6.07) is 2.29. The van der Waals surface area contributed by atoms with Crippen LogP contribution in [0.25, 0.3) is 0 Å². The number of rotatable bonds is 4. The van der Waals surface area contributed by atoms with Crippen LogP contribution >= 0.6 is 11.8 Å². The molecule has 6 nitrogen and oxygen atoms in total. The Morgan fingerprint density at radius 2 is 2.24 bits per heavy atom. The summed E-state index contributed by atoms with van der Waals surface area (Å²) in [6.07, 6.45) is 3.09. The van der Waals surface area contributed by atoms with Crippen LogP contribution in [0.2, 0.25) is 0 Å². The number of nitrogens with zero attached hydrogens (tertiary/aromatic N) is 3. The molecular formula is C10H18N6S. The smallest absolute Gasteiger partial charge is 0.191 e. The van der Waals surface area contributed by atoms with Gasteiger partial charge in [-0.2, -0.15) is 0 Å². The number of likely N-dealkylation sites (tertiary alicyclic amines) is 1. The molecule has 0 amide bonds. The Morgan fingerprint density at radius 3 is 2.82 bits per heavy atom. The highest BCUT2D eigenvalue weighted by Gasteiger charge is 2.19. The van der Waals surface area contributed by atoms with Crippen molar-refractivity contribution in [2.24, 2.45) is 5.84 Å². The summed E-state index contributed by atoms with van der Waals surface area (Å²) in [7, 11) is 2.13. The molecule has 1 unspecified atom stereocenters. The average Bonchev–Trinajstić information content (AvgIpc) is 2.74. The summed E-state index contributed by atoms with van der Waals surface area (Å²) in [5, 5.41) is 4.14. The van der Waals surface area contributed by atoms with Gasteiger partial charge in [0.1, 0.15) is 11.6 Å². The van der Waals surface area contributed by atoms with Gasteiger partial charge < -0.3 is 15.6 Å². The van der Waals surface area contributed by atoms with Crippen LogP contribution in [0.3, 0.4) is 0 Å². The lowest BCUT2D eigenvalue weighted by Crippen LogP contribution is -2.24. The van der Waals surface area contributed by atoms with Crippen LogP contribution in [-0.2, 0) is 0 Å². The first-order chi connectivity index (χ1) is 8.21. The summed E-state index contributed by atoms with van der Waals surface area (Å²) in [6.45, 7) is 2.17. The Morgan fingerprint density at radius 1 is 1.47 bits per heavy atom. The summed E-state index contributed by atoms with van der Waals surface area (Å²) < 4.78 is 0. The zero-order chi connectivity index (χ0) is 12.3. The van der Waals surface area contributed by atoms with E-state index in [9.17, 15) is 0 Å². The molecule has 4 N–H and O–H groups in total. The predicted molar refractivity (Wildman–Crippen MR) is 71.1 cm³/mol. The minimum atomic E-state index is 0.454. The molecule has 1 aromatic rings. The molecule has 1 aliphatic rings. The fraction of sp³-hybridized carbons (Fsp3) is 0.600. The van der Waals surface area contributed by atoms with Crippen LogP contribution in [0.4, 0.5) is 11.6 Å². The number of thioether (sulfide) groups is 1. The van der Waals surface area contributed by atoms with Crippen LogP contribution < -0.4 is 16.6 Å². The van der Waals surface area contributed by atoms with Crippen LogP contribution in [0.5, 0.6) is 0 Å².